The van der Waals surface area contributed by atoms with Gasteiger partial charge in [-0.05, 0) is 31.4 Å². The van der Waals surface area contributed by atoms with Gasteiger partial charge in [0.15, 0.2) is 0 Å². The van der Waals surface area contributed by atoms with E-state index in [9.17, 15) is 9.59 Å². The van der Waals surface area contributed by atoms with Crippen molar-refractivity contribution in [3.63, 3.8) is 0 Å². The van der Waals surface area contributed by atoms with Gasteiger partial charge in [-0.3, -0.25) is 0 Å². The molecule has 24 heavy (non-hydrogen) atoms. The Morgan fingerprint density at radius 3 is 2.08 bits per heavy atom. The second kappa shape index (κ2) is 12.3. The third-order valence-electron chi connectivity index (χ3n) is 3.52. The Balaban J connectivity index is 2.55. The van der Waals surface area contributed by atoms with Crippen LogP contribution in [-0.4, -0.2) is 25.2 Å². The normalized spacial score (nSPS) is 10.8. The molecule has 0 aromatic heterocycles. The first-order valence-corrected chi connectivity index (χ1v) is 8.79. The molecule has 0 saturated carbocycles. The highest BCUT2D eigenvalue weighted by Crippen LogP contribution is 2.13. The molecule has 0 unspecified atom stereocenters. The topological polar surface area (TPSA) is 52.6 Å². The van der Waals surface area contributed by atoms with E-state index in [1.165, 1.54) is 0 Å². The van der Waals surface area contributed by atoms with Crippen LogP contribution in [-0.2, 0) is 9.47 Å². The van der Waals surface area contributed by atoms with Crippen LogP contribution >= 0.6 is 0 Å². The van der Waals surface area contributed by atoms with E-state index in [2.05, 4.69) is 6.92 Å². The maximum Gasteiger partial charge on any atom is 0.339 e. The molecule has 132 valence electrons. The van der Waals surface area contributed by atoms with Gasteiger partial charge in [0.1, 0.15) is 0 Å². The molecular formula is C20H28O4. The van der Waals surface area contributed by atoms with E-state index >= 15 is 0 Å². The van der Waals surface area contributed by atoms with Crippen LogP contribution in [0.15, 0.2) is 36.4 Å². The molecule has 0 spiro atoms. The van der Waals surface area contributed by atoms with Gasteiger partial charge in [-0.15, -0.1) is 0 Å². The van der Waals surface area contributed by atoms with Gasteiger partial charge in [0.25, 0.3) is 0 Å². The zero-order valence-corrected chi connectivity index (χ0v) is 14.8. The van der Waals surface area contributed by atoms with Crippen molar-refractivity contribution in [1.29, 1.82) is 0 Å². The molecule has 0 bridgehead atoms. The standard InChI is InChI=1S/C20H28O4/c1-3-5-7-11-15-23-19(21)17-13-9-10-14-18(17)20(22)24-16-12-8-6-4-2/h5,7,9-10,13-14H,3-4,6,8,11-12,15-16H2,1-2H3/b7-5+. The largest absolute Gasteiger partial charge is 0.462 e. The summed E-state index contributed by atoms with van der Waals surface area (Å²) in [4.78, 5) is 24.3. The highest BCUT2D eigenvalue weighted by Gasteiger charge is 2.18. The molecule has 0 aliphatic rings. The number of benzene rings is 1. The minimum atomic E-state index is -0.488. The van der Waals surface area contributed by atoms with Crippen LogP contribution in [0.25, 0.3) is 0 Å². The lowest BCUT2D eigenvalue weighted by atomic mass is 10.1. The number of ether oxygens (including phenoxy) is 2. The fourth-order valence-corrected chi connectivity index (χ4v) is 2.19. The summed E-state index contributed by atoms with van der Waals surface area (Å²) in [6.45, 7) is 4.86. The summed E-state index contributed by atoms with van der Waals surface area (Å²) < 4.78 is 10.5. The summed E-state index contributed by atoms with van der Waals surface area (Å²) in [5.74, 6) is -0.955. The Kier molecular flexibility index (Phi) is 10.3. The molecule has 0 saturated heterocycles. The molecule has 4 heteroatoms. The number of carbonyl (C=O) groups excluding carboxylic acids is 2. The van der Waals surface area contributed by atoms with Gasteiger partial charge < -0.3 is 9.47 Å². The SMILES string of the molecule is CC/C=C/CCOC(=O)c1ccccc1C(=O)OCCCCCC. The zero-order valence-electron chi connectivity index (χ0n) is 14.8. The lowest BCUT2D eigenvalue weighted by Crippen LogP contribution is -2.14. The average molecular weight is 332 g/mol. The second-order valence-electron chi connectivity index (χ2n) is 5.55. The smallest absolute Gasteiger partial charge is 0.339 e. The van der Waals surface area contributed by atoms with E-state index in [1.54, 1.807) is 24.3 Å². The lowest BCUT2D eigenvalue weighted by Gasteiger charge is -2.09. The monoisotopic (exact) mass is 332 g/mol. The van der Waals surface area contributed by atoms with Crippen LogP contribution in [0, 0.1) is 0 Å². The summed E-state index contributed by atoms with van der Waals surface area (Å²) in [5.41, 5.74) is 0.526. The van der Waals surface area contributed by atoms with Crippen LogP contribution in [0.2, 0.25) is 0 Å². The maximum absolute atomic E-state index is 12.2. The predicted octanol–water partition coefficient (Wildman–Crippen LogP) is 4.94. The number of rotatable bonds is 11. The van der Waals surface area contributed by atoms with Crippen molar-refractivity contribution >= 4 is 11.9 Å². The Morgan fingerprint density at radius 1 is 0.875 bits per heavy atom. The van der Waals surface area contributed by atoms with Gasteiger partial charge >= 0.3 is 11.9 Å². The van der Waals surface area contributed by atoms with E-state index in [0.717, 1.165) is 32.1 Å². The van der Waals surface area contributed by atoms with Crippen molar-refractivity contribution in [1.82, 2.24) is 0 Å². The van der Waals surface area contributed by atoms with Gasteiger partial charge in [-0.2, -0.15) is 0 Å². The number of allylic oxidation sites excluding steroid dienone is 1. The van der Waals surface area contributed by atoms with Gasteiger partial charge in [-0.25, -0.2) is 9.59 Å². The second-order valence-corrected chi connectivity index (χ2v) is 5.55. The van der Waals surface area contributed by atoms with Gasteiger partial charge in [0.2, 0.25) is 0 Å². The van der Waals surface area contributed by atoms with Gasteiger partial charge in [0, 0.05) is 0 Å². The predicted molar refractivity (Wildman–Crippen MR) is 95.2 cm³/mol. The number of carbonyl (C=O) groups is 2. The molecule has 0 radical (unpaired) electrons. The van der Waals surface area contributed by atoms with Gasteiger partial charge in [0.05, 0.1) is 24.3 Å². The van der Waals surface area contributed by atoms with Crippen molar-refractivity contribution in [3.05, 3.63) is 47.5 Å². The van der Waals surface area contributed by atoms with Gasteiger partial charge in [-0.1, -0.05) is 57.4 Å². The molecule has 0 atom stereocenters. The van der Waals surface area contributed by atoms with Crippen molar-refractivity contribution in [2.75, 3.05) is 13.2 Å². The Morgan fingerprint density at radius 2 is 1.50 bits per heavy atom. The molecule has 0 aliphatic carbocycles. The summed E-state index contributed by atoms with van der Waals surface area (Å²) in [6, 6.07) is 6.62. The molecule has 0 fully saturated rings. The molecule has 0 N–H and O–H groups in total. The van der Waals surface area contributed by atoms with E-state index in [0.29, 0.717) is 19.6 Å². The molecule has 0 aliphatic heterocycles. The number of esters is 2. The van der Waals surface area contributed by atoms with Crippen LogP contribution in [0.4, 0.5) is 0 Å². The van der Waals surface area contributed by atoms with Crippen molar-refractivity contribution in [3.8, 4) is 0 Å². The molecular weight excluding hydrogens is 304 g/mol. The first kappa shape index (κ1) is 19.9. The van der Waals surface area contributed by atoms with E-state index in [1.807, 2.05) is 19.1 Å². The van der Waals surface area contributed by atoms with E-state index in [4.69, 9.17) is 9.47 Å². The zero-order chi connectivity index (χ0) is 17.6. The average Bonchev–Trinajstić information content (AvgIpc) is 2.61. The Bertz CT molecular complexity index is 534. The fraction of sp³-hybridized carbons (Fsp3) is 0.500. The summed E-state index contributed by atoms with van der Waals surface area (Å²) >= 11 is 0. The molecule has 1 rings (SSSR count). The minimum absolute atomic E-state index is 0.260. The fourth-order valence-electron chi connectivity index (χ4n) is 2.19. The molecule has 1 aromatic carbocycles. The third-order valence-corrected chi connectivity index (χ3v) is 3.52. The van der Waals surface area contributed by atoms with Crippen molar-refractivity contribution in [2.24, 2.45) is 0 Å². The minimum Gasteiger partial charge on any atom is -0.462 e. The summed E-state index contributed by atoms with van der Waals surface area (Å²) in [6.07, 6.45) is 9.78. The van der Waals surface area contributed by atoms with Crippen LogP contribution in [0.1, 0.15) is 73.1 Å². The molecule has 1 aromatic rings. The first-order chi connectivity index (χ1) is 11.7. The van der Waals surface area contributed by atoms with E-state index < -0.39 is 11.9 Å². The number of hydrogen-bond donors (Lipinski definition) is 0. The van der Waals surface area contributed by atoms with Crippen molar-refractivity contribution in [2.45, 2.75) is 52.4 Å². The quantitative estimate of drug-likeness (QED) is 0.327. The van der Waals surface area contributed by atoms with Crippen LogP contribution in [0.3, 0.4) is 0 Å². The molecule has 0 amide bonds. The lowest BCUT2D eigenvalue weighted by molar-refractivity contribution is 0.0457. The highest BCUT2D eigenvalue weighted by molar-refractivity contribution is 6.03. The molecule has 4 nitrogen and oxygen atoms in total. The van der Waals surface area contributed by atoms with E-state index in [-0.39, 0.29) is 11.1 Å². The highest BCUT2D eigenvalue weighted by atomic mass is 16.5. The maximum atomic E-state index is 12.2. The number of hydrogen-bond acceptors (Lipinski definition) is 4. The third kappa shape index (κ3) is 7.44. The van der Waals surface area contributed by atoms with Crippen LogP contribution in [0.5, 0.6) is 0 Å². The Hall–Kier alpha value is -2.10. The summed E-state index contributed by atoms with van der Waals surface area (Å²) in [7, 11) is 0. The number of unbranched alkanes of at least 4 members (excludes halogenated alkanes) is 3. The first-order valence-electron chi connectivity index (χ1n) is 8.79. The summed E-state index contributed by atoms with van der Waals surface area (Å²) in [5, 5.41) is 0. The van der Waals surface area contributed by atoms with Crippen LogP contribution < -0.4 is 0 Å². The van der Waals surface area contributed by atoms with Crippen molar-refractivity contribution < 1.29 is 19.1 Å². The Labute approximate surface area is 144 Å². The molecule has 0 heterocycles.